The van der Waals surface area contributed by atoms with E-state index < -0.39 is 0 Å². The zero-order valence-electron chi connectivity index (χ0n) is 13.5. The Morgan fingerprint density at radius 1 is 1.30 bits per heavy atom. The number of hydrogen-bond acceptors (Lipinski definition) is 4. The Kier molecular flexibility index (Phi) is 7.55. The van der Waals surface area contributed by atoms with Crippen LogP contribution in [0.4, 0.5) is 5.69 Å². The van der Waals surface area contributed by atoms with Crippen LogP contribution in [-0.4, -0.2) is 37.8 Å². The topological polar surface area (TPSA) is 37.4 Å². The van der Waals surface area contributed by atoms with E-state index in [0.29, 0.717) is 5.92 Å². The van der Waals surface area contributed by atoms with Gasteiger partial charge in [-0.15, -0.1) is 0 Å². The molecule has 4 heteroatoms. The molecule has 0 amide bonds. The lowest BCUT2D eigenvalue weighted by atomic mass is 10.2. The molecule has 0 aliphatic carbocycles. The molecule has 0 fully saturated rings. The van der Waals surface area contributed by atoms with Gasteiger partial charge in [-0.1, -0.05) is 13.8 Å². The van der Waals surface area contributed by atoms with Gasteiger partial charge in [0.25, 0.3) is 0 Å². The smallest absolute Gasteiger partial charge is 0.0644 e. The third-order valence-corrected chi connectivity index (χ3v) is 3.04. The summed E-state index contributed by atoms with van der Waals surface area (Å²) in [5.41, 5.74) is 2.46. The van der Waals surface area contributed by atoms with Gasteiger partial charge < -0.3 is 15.0 Å². The number of nitrogens with one attached hydrogen (secondary N) is 1. The zero-order valence-corrected chi connectivity index (χ0v) is 13.5. The van der Waals surface area contributed by atoms with E-state index >= 15 is 0 Å². The lowest BCUT2D eigenvalue weighted by Crippen LogP contribution is -2.26. The van der Waals surface area contributed by atoms with Gasteiger partial charge in [0.2, 0.25) is 0 Å². The van der Waals surface area contributed by atoms with Crippen molar-refractivity contribution < 1.29 is 4.74 Å². The van der Waals surface area contributed by atoms with Crippen LogP contribution in [0.2, 0.25) is 0 Å². The van der Waals surface area contributed by atoms with Crippen molar-refractivity contribution >= 4 is 5.69 Å². The van der Waals surface area contributed by atoms with Gasteiger partial charge in [0.1, 0.15) is 0 Å². The second-order valence-electron chi connectivity index (χ2n) is 5.87. The fourth-order valence-corrected chi connectivity index (χ4v) is 1.95. The van der Waals surface area contributed by atoms with E-state index in [9.17, 15) is 0 Å². The van der Waals surface area contributed by atoms with Crippen LogP contribution >= 0.6 is 0 Å². The van der Waals surface area contributed by atoms with Gasteiger partial charge in [-0.25, -0.2) is 0 Å². The van der Waals surface area contributed by atoms with Crippen LogP contribution in [0.25, 0.3) is 0 Å². The number of ether oxygens (including phenoxy) is 1. The summed E-state index contributed by atoms with van der Waals surface area (Å²) in [5, 5.41) is 3.49. The van der Waals surface area contributed by atoms with E-state index in [0.717, 1.165) is 26.2 Å². The minimum atomic E-state index is 0.282. The van der Waals surface area contributed by atoms with Crippen LogP contribution < -0.4 is 10.2 Å². The Morgan fingerprint density at radius 2 is 2.05 bits per heavy atom. The minimum absolute atomic E-state index is 0.282. The summed E-state index contributed by atoms with van der Waals surface area (Å²) in [4.78, 5) is 6.45. The van der Waals surface area contributed by atoms with Crippen LogP contribution in [0.1, 0.15) is 33.3 Å². The van der Waals surface area contributed by atoms with Gasteiger partial charge in [-0.3, -0.25) is 4.98 Å². The normalized spacial score (nSPS) is 11.3. The minimum Gasteiger partial charge on any atom is -0.377 e. The SMILES string of the molecule is CC(C)CNCc1ccncc1N(C)CCOC(C)C. The van der Waals surface area contributed by atoms with E-state index in [2.05, 4.69) is 56.0 Å². The lowest BCUT2D eigenvalue weighted by molar-refractivity contribution is 0.0846. The van der Waals surface area contributed by atoms with E-state index in [-0.39, 0.29) is 6.10 Å². The highest BCUT2D eigenvalue weighted by atomic mass is 16.5. The Hall–Kier alpha value is -1.13. The Balaban J connectivity index is 2.54. The zero-order chi connectivity index (χ0) is 15.0. The van der Waals surface area contributed by atoms with Crippen molar-refractivity contribution in [3.63, 3.8) is 0 Å². The number of nitrogens with zero attached hydrogens (tertiary/aromatic N) is 2. The fraction of sp³-hybridized carbons (Fsp3) is 0.688. The Morgan fingerprint density at radius 3 is 2.70 bits per heavy atom. The van der Waals surface area contributed by atoms with Crippen molar-refractivity contribution in [3.05, 3.63) is 24.0 Å². The number of likely N-dealkylation sites (N-methyl/N-ethyl adjacent to an activating group) is 1. The molecule has 0 atom stereocenters. The van der Waals surface area contributed by atoms with E-state index in [1.807, 2.05) is 12.4 Å². The van der Waals surface area contributed by atoms with Gasteiger partial charge in [-0.05, 0) is 37.9 Å². The number of rotatable bonds is 9. The van der Waals surface area contributed by atoms with Crippen molar-refractivity contribution in [2.24, 2.45) is 5.92 Å². The van der Waals surface area contributed by atoms with Crippen molar-refractivity contribution in [2.45, 2.75) is 40.3 Å². The van der Waals surface area contributed by atoms with Crippen LogP contribution in [0.5, 0.6) is 0 Å². The molecular formula is C16H29N3O. The molecule has 0 saturated carbocycles. The summed E-state index contributed by atoms with van der Waals surface area (Å²) in [6.45, 7) is 12.1. The van der Waals surface area contributed by atoms with Crippen molar-refractivity contribution in [1.82, 2.24) is 10.3 Å². The number of pyridine rings is 1. The summed E-state index contributed by atoms with van der Waals surface area (Å²) in [5.74, 6) is 0.664. The second-order valence-corrected chi connectivity index (χ2v) is 5.87. The van der Waals surface area contributed by atoms with Crippen LogP contribution in [0, 0.1) is 5.92 Å². The largest absolute Gasteiger partial charge is 0.377 e. The molecule has 0 bridgehead atoms. The number of aromatic nitrogens is 1. The standard InChI is InChI=1S/C16H29N3O/c1-13(2)10-18-11-15-6-7-17-12-16(15)19(5)8-9-20-14(3)4/h6-7,12-14,18H,8-11H2,1-5H3. The molecule has 0 radical (unpaired) electrons. The van der Waals surface area contributed by atoms with Crippen LogP contribution in [-0.2, 0) is 11.3 Å². The average Bonchev–Trinajstić information content (AvgIpc) is 2.38. The maximum atomic E-state index is 5.61. The van der Waals surface area contributed by atoms with Crippen molar-refractivity contribution in [1.29, 1.82) is 0 Å². The average molecular weight is 279 g/mol. The van der Waals surface area contributed by atoms with E-state index in [4.69, 9.17) is 4.74 Å². The van der Waals surface area contributed by atoms with Crippen molar-refractivity contribution in [2.75, 3.05) is 31.6 Å². The molecule has 0 aliphatic heterocycles. The van der Waals surface area contributed by atoms with Gasteiger partial charge in [0, 0.05) is 26.3 Å². The predicted molar refractivity (Wildman–Crippen MR) is 85.1 cm³/mol. The molecule has 1 heterocycles. The number of hydrogen-bond donors (Lipinski definition) is 1. The summed E-state index contributed by atoms with van der Waals surface area (Å²) in [6.07, 6.45) is 4.07. The molecule has 1 N–H and O–H groups in total. The molecule has 114 valence electrons. The summed E-state index contributed by atoms with van der Waals surface area (Å²) in [7, 11) is 2.09. The maximum Gasteiger partial charge on any atom is 0.0644 e. The highest BCUT2D eigenvalue weighted by molar-refractivity contribution is 5.50. The molecule has 20 heavy (non-hydrogen) atoms. The summed E-state index contributed by atoms with van der Waals surface area (Å²) in [6, 6.07) is 2.09. The molecule has 1 aromatic rings. The summed E-state index contributed by atoms with van der Waals surface area (Å²) < 4.78 is 5.61. The highest BCUT2D eigenvalue weighted by Gasteiger charge is 2.08. The van der Waals surface area contributed by atoms with E-state index in [1.54, 1.807) is 0 Å². The first-order valence-corrected chi connectivity index (χ1v) is 7.47. The van der Waals surface area contributed by atoms with E-state index in [1.165, 1.54) is 11.3 Å². The molecule has 0 unspecified atom stereocenters. The van der Waals surface area contributed by atoms with Gasteiger partial charge in [-0.2, -0.15) is 0 Å². The van der Waals surface area contributed by atoms with Gasteiger partial charge in [0.15, 0.2) is 0 Å². The molecule has 1 aromatic heterocycles. The number of anilines is 1. The first-order chi connectivity index (χ1) is 9.50. The Labute approximate surface area is 123 Å². The third-order valence-electron chi connectivity index (χ3n) is 3.04. The Bertz CT molecular complexity index is 380. The lowest BCUT2D eigenvalue weighted by Gasteiger charge is -2.23. The molecule has 0 spiro atoms. The first kappa shape index (κ1) is 16.9. The molecule has 1 rings (SSSR count). The third kappa shape index (κ3) is 6.35. The van der Waals surface area contributed by atoms with Gasteiger partial charge >= 0.3 is 0 Å². The predicted octanol–water partition coefficient (Wildman–Crippen LogP) is 2.69. The van der Waals surface area contributed by atoms with Gasteiger partial charge in [0.05, 0.1) is 24.6 Å². The second kappa shape index (κ2) is 8.93. The summed E-state index contributed by atoms with van der Waals surface area (Å²) >= 11 is 0. The quantitative estimate of drug-likeness (QED) is 0.754. The maximum absolute atomic E-state index is 5.61. The molecular weight excluding hydrogens is 250 g/mol. The van der Waals surface area contributed by atoms with Crippen molar-refractivity contribution in [3.8, 4) is 0 Å². The van der Waals surface area contributed by atoms with Crippen LogP contribution in [0.15, 0.2) is 18.5 Å². The fourth-order valence-electron chi connectivity index (χ4n) is 1.95. The monoisotopic (exact) mass is 279 g/mol. The first-order valence-electron chi connectivity index (χ1n) is 7.47. The van der Waals surface area contributed by atoms with Crippen LogP contribution in [0.3, 0.4) is 0 Å². The molecule has 0 aliphatic rings. The molecule has 0 saturated heterocycles. The molecule has 0 aromatic carbocycles. The molecule has 4 nitrogen and oxygen atoms in total. The highest BCUT2D eigenvalue weighted by Crippen LogP contribution is 2.17.